The van der Waals surface area contributed by atoms with Gasteiger partial charge in [-0.05, 0) is 55.8 Å². The number of allylic oxidation sites excluding steroid dienone is 2. The topological polar surface area (TPSA) is 0 Å². The van der Waals surface area contributed by atoms with Gasteiger partial charge in [-0.2, -0.15) is 0 Å². The largest absolute Gasteiger partial charge is 0.0679 e. The zero-order chi connectivity index (χ0) is 11.1. The van der Waals surface area contributed by atoms with Crippen LogP contribution in [0.2, 0.25) is 0 Å². The maximum absolute atomic E-state index is 2.52. The van der Waals surface area contributed by atoms with Crippen molar-refractivity contribution in [1.29, 1.82) is 0 Å². The molecule has 1 fully saturated rings. The second-order valence-corrected chi connectivity index (χ2v) is 6.40. The third kappa shape index (κ3) is 2.00. The fraction of sp³-hybridized carbons (Fsp3) is 0.867. The molecule has 0 radical (unpaired) electrons. The summed E-state index contributed by atoms with van der Waals surface area (Å²) in [7, 11) is 0. The van der Waals surface area contributed by atoms with Crippen LogP contribution in [-0.4, -0.2) is 0 Å². The van der Waals surface area contributed by atoms with E-state index in [0.29, 0.717) is 5.41 Å². The van der Waals surface area contributed by atoms with Crippen LogP contribution in [0.15, 0.2) is 11.1 Å². The highest BCUT2D eigenvalue weighted by molar-refractivity contribution is 5.29. The summed E-state index contributed by atoms with van der Waals surface area (Å²) in [4.78, 5) is 0. The molecule has 0 aromatic rings. The third-order valence-corrected chi connectivity index (χ3v) is 4.84. The van der Waals surface area contributed by atoms with Crippen molar-refractivity contribution < 1.29 is 0 Å². The summed E-state index contributed by atoms with van der Waals surface area (Å²) in [5.74, 6) is 1.74. The van der Waals surface area contributed by atoms with Gasteiger partial charge in [-0.15, -0.1) is 0 Å². The van der Waals surface area contributed by atoms with Crippen molar-refractivity contribution in [3.63, 3.8) is 0 Å². The average Bonchev–Trinajstić information content (AvgIpc) is 2.43. The summed E-state index contributed by atoms with van der Waals surface area (Å²) < 4.78 is 0. The Balaban J connectivity index is 2.29. The van der Waals surface area contributed by atoms with E-state index in [-0.39, 0.29) is 0 Å². The monoisotopic (exact) mass is 206 g/mol. The Hall–Kier alpha value is -0.260. The van der Waals surface area contributed by atoms with Gasteiger partial charge in [-0.25, -0.2) is 0 Å². The van der Waals surface area contributed by atoms with E-state index in [0.717, 1.165) is 11.8 Å². The first-order chi connectivity index (χ1) is 7.03. The molecule has 15 heavy (non-hydrogen) atoms. The Bertz CT molecular complexity index is 272. The molecule has 0 nitrogen and oxygen atoms in total. The summed E-state index contributed by atoms with van der Waals surface area (Å²) >= 11 is 0. The summed E-state index contributed by atoms with van der Waals surface area (Å²) in [6.07, 6.45) is 8.54. The van der Waals surface area contributed by atoms with Crippen molar-refractivity contribution in [2.75, 3.05) is 0 Å². The van der Waals surface area contributed by atoms with Gasteiger partial charge in [0.15, 0.2) is 0 Å². The molecule has 0 spiro atoms. The first-order valence-corrected chi connectivity index (χ1v) is 6.75. The molecule has 2 aliphatic rings. The quantitative estimate of drug-likeness (QED) is 0.532. The first kappa shape index (κ1) is 11.2. The predicted octanol–water partition coefficient (Wildman–Crippen LogP) is 4.95. The standard InChI is InChI=1S/C15H26/c1-11(2)13-8-10-15(4)9-7-12(3)5-6-14(13)15/h11-12H,5-10H2,1-4H3/t12-,15+/m0/s1. The first-order valence-electron chi connectivity index (χ1n) is 6.75. The van der Waals surface area contributed by atoms with E-state index in [9.17, 15) is 0 Å². The molecule has 0 unspecified atom stereocenters. The van der Waals surface area contributed by atoms with Gasteiger partial charge in [0, 0.05) is 0 Å². The van der Waals surface area contributed by atoms with E-state index < -0.39 is 0 Å². The Labute approximate surface area is 95.1 Å². The van der Waals surface area contributed by atoms with Crippen molar-refractivity contribution in [1.82, 2.24) is 0 Å². The van der Waals surface area contributed by atoms with E-state index in [1.54, 1.807) is 0 Å². The molecule has 0 saturated heterocycles. The lowest BCUT2D eigenvalue weighted by molar-refractivity contribution is 0.342. The summed E-state index contributed by atoms with van der Waals surface area (Å²) in [5, 5.41) is 0. The Morgan fingerprint density at radius 3 is 2.53 bits per heavy atom. The Morgan fingerprint density at radius 2 is 1.87 bits per heavy atom. The second kappa shape index (κ2) is 3.96. The van der Waals surface area contributed by atoms with Gasteiger partial charge < -0.3 is 0 Å². The van der Waals surface area contributed by atoms with Crippen molar-refractivity contribution in [3.05, 3.63) is 11.1 Å². The number of rotatable bonds is 1. The van der Waals surface area contributed by atoms with E-state index in [1.807, 2.05) is 11.1 Å². The summed E-state index contributed by atoms with van der Waals surface area (Å²) in [6.45, 7) is 9.71. The molecule has 0 aromatic carbocycles. The minimum Gasteiger partial charge on any atom is -0.0679 e. The lowest BCUT2D eigenvalue weighted by Crippen LogP contribution is -2.14. The highest BCUT2D eigenvalue weighted by Gasteiger charge is 2.38. The predicted molar refractivity (Wildman–Crippen MR) is 66.8 cm³/mol. The number of hydrogen-bond donors (Lipinski definition) is 0. The van der Waals surface area contributed by atoms with Crippen LogP contribution >= 0.6 is 0 Å². The van der Waals surface area contributed by atoms with Crippen LogP contribution < -0.4 is 0 Å². The molecule has 0 amide bonds. The van der Waals surface area contributed by atoms with Crippen LogP contribution in [0.1, 0.15) is 66.2 Å². The minimum atomic E-state index is 0.588. The maximum atomic E-state index is 2.52. The highest BCUT2D eigenvalue weighted by atomic mass is 14.4. The highest BCUT2D eigenvalue weighted by Crippen LogP contribution is 2.52. The molecule has 2 rings (SSSR count). The maximum Gasteiger partial charge on any atom is -0.0110 e. The van der Waals surface area contributed by atoms with Gasteiger partial charge in [-0.1, -0.05) is 38.8 Å². The SMILES string of the molecule is CC(C)C1=C2CC[C@H](C)CC[C@]2(C)CC1. The van der Waals surface area contributed by atoms with Gasteiger partial charge in [0.2, 0.25) is 0 Å². The Morgan fingerprint density at radius 1 is 1.13 bits per heavy atom. The van der Waals surface area contributed by atoms with Gasteiger partial charge in [-0.3, -0.25) is 0 Å². The normalized spacial score (nSPS) is 37.0. The van der Waals surface area contributed by atoms with E-state index in [1.165, 1.54) is 38.5 Å². The second-order valence-electron chi connectivity index (χ2n) is 6.40. The molecule has 0 heterocycles. The van der Waals surface area contributed by atoms with Crippen LogP contribution in [0.4, 0.5) is 0 Å². The molecule has 0 bridgehead atoms. The molecule has 2 atom stereocenters. The van der Waals surface area contributed by atoms with E-state index in [2.05, 4.69) is 27.7 Å². The van der Waals surface area contributed by atoms with Crippen LogP contribution in [0.25, 0.3) is 0 Å². The van der Waals surface area contributed by atoms with Crippen LogP contribution in [-0.2, 0) is 0 Å². The third-order valence-electron chi connectivity index (χ3n) is 4.84. The lowest BCUT2D eigenvalue weighted by atomic mass is 9.78. The zero-order valence-corrected chi connectivity index (χ0v) is 10.9. The molecule has 0 aromatic heterocycles. The van der Waals surface area contributed by atoms with Gasteiger partial charge >= 0.3 is 0 Å². The number of hydrogen-bond acceptors (Lipinski definition) is 0. The molecule has 0 heteroatoms. The molecule has 0 N–H and O–H groups in total. The molecular formula is C15H26. The fourth-order valence-corrected chi connectivity index (χ4v) is 3.58. The fourth-order valence-electron chi connectivity index (χ4n) is 3.58. The average molecular weight is 206 g/mol. The molecule has 0 aliphatic heterocycles. The van der Waals surface area contributed by atoms with Crippen molar-refractivity contribution >= 4 is 0 Å². The van der Waals surface area contributed by atoms with Gasteiger partial charge in [0.1, 0.15) is 0 Å². The molecule has 1 saturated carbocycles. The Kier molecular flexibility index (Phi) is 2.96. The van der Waals surface area contributed by atoms with Crippen molar-refractivity contribution in [2.24, 2.45) is 17.3 Å². The summed E-state index contributed by atoms with van der Waals surface area (Å²) in [5.41, 5.74) is 4.26. The van der Waals surface area contributed by atoms with Crippen LogP contribution in [0.3, 0.4) is 0 Å². The van der Waals surface area contributed by atoms with Crippen molar-refractivity contribution in [3.8, 4) is 0 Å². The lowest BCUT2D eigenvalue weighted by Gasteiger charge is -2.26. The smallest absolute Gasteiger partial charge is 0.0110 e. The van der Waals surface area contributed by atoms with Crippen LogP contribution in [0.5, 0.6) is 0 Å². The molecule has 2 aliphatic carbocycles. The number of fused-ring (bicyclic) bond motifs is 1. The molecule has 86 valence electrons. The van der Waals surface area contributed by atoms with Crippen LogP contribution in [0, 0.1) is 17.3 Å². The van der Waals surface area contributed by atoms with Gasteiger partial charge in [0.25, 0.3) is 0 Å². The minimum absolute atomic E-state index is 0.588. The van der Waals surface area contributed by atoms with E-state index in [4.69, 9.17) is 0 Å². The molecular weight excluding hydrogens is 180 g/mol. The zero-order valence-electron chi connectivity index (χ0n) is 10.9. The van der Waals surface area contributed by atoms with Crippen molar-refractivity contribution in [2.45, 2.75) is 66.2 Å². The summed E-state index contributed by atoms with van der Waals surface area (Å²) in [6, 6.07) is 0. The van der Waals surface area contributed by atoms with E-state index >= 15 is 0 Å². The van der Waals surface area contributed by atoms with Gasteiger partial charge in [0.05, 0.1) is 0 Å².